The lowest BCUT2D eigenvalue weighted by Gasteiger charge is -2.08. The number of nitrogens with one attached hydrogen (secondary N) is 1. The van der Waals surface area contributed by atoms with Crippen LogP contribution in [0.3, 0.4) is 0 Å². The largest absolute Gasteiger partial charge is 0.319 e. The molecule has 0 fully saturated rings. The highest BCUT2D eigenvalue weighted by Gasteiger charge is 2.16. The van der Waals surface area contributed by atoms with Crippen molar-refractivity contribution in [2.75, 3.05) is 5.32 Å². The molecule has 1 N–H and O–H groups in total. The Labute approximate surface area is 116 Å². The van der Waals surface area contributed by atoms with Gasteiger partial charge >= 0.3 is 0 Å². The zero-order valence-corrected chi connectivity index (χ0v) is 12.0. The van der Waals surface area contributed by atoms with E-state index in [1.807, 2.05) is 0 Å². The average molecular weight is 330 g/mol. The van der Waals surface area contributed by atoms with Crippen molar-refractivity contribution in [2.45, 2.75) is 13.8 Å². The molecule has 0 atom stereocenters. The summed E-state index contributed by atoms with van der Waals surface area (Å²) in [5.74, 6) is -0.851. The van der Waals surface area contributed by atoms with Crippen LogP contribution in [-0.2, 0) is 0 Å². The van der Waals surface area contributed by atoms with Crippen LogP contribution in [0.1, 0.15) is 20.9 Å². The number of aryl methyl sites for hydroxylation is 1. The third-order valence-electron chi connectivity index (χ3n) is 2.43. The van der Waals surface area contributed by atoms with Crippen molar-refractivity contribution in [2.24, 2.45) is 0 Å². The molecular weight excluding hydrogens is 321 g/mol. The van der Waals surface area contributed by atoms with Crippen LogP contribution in [-0.4, -0.2) is 15.5 Å². The van der Waals surface area contributed by atoms with Gasteiger partial charge in [0.2, 0.25) is 0 Å². The first-order valence-corrected chi connectivity index (χ1v) is 6.62. The molecule has 94 valence electrons. The number of rotatable bonds is 2. The predicted octanol–water partition coefficient (Wildman–Crippen LogP) is 3.31. The molecule has 1 aromatic heterocycles. The van der Waals surface area contributed by atoms with Crippen molar-refractivity contribution >= 4 is 39.1 Å². The van der Waals surface area contributed by atoms with Gasteiger partial charge in [-0.2, -0.15) is 0 Å². The smallest absolute Gasteiger partial charge is 0.269 e. The maximum atomic E-state index is 13.9. The van der Waals surface area contributed by atoms with Crippen LogP contribution in [0.2, 0.25) is 0 Å². The Morgan fingerprint density at radius 1 is 1.44 bits per heavy atom. The van der Waals surface area contributed by atoms with Crippen molar-refractivity contribution in [3.8, 4) is 0 Å². The number of anilines is 1. The highest BCUT2D eigenvalue weighted by atomic mass is 79.9. The Bertz CT molecular complexity index is 614. The van der Waals surface area contributed by atoms with Crippen LogP contribution in [0.15, 0.2) is 16.6 Å². The zero-order valence-electron chi connectivity index (χ0n) is 9.62. The van der Waals surface area contributed by atoms with Gasteiger partial charge in [-0.05, 0) is 37.5 Å². The summed E-state index contributed by atoms with van der Waals surface area (Å²) in [4.78, 5) is 12.3. The zero-order chi connectivity index (χ0) is 13.3. The van der Waals surface area contributed by atoms with Gasteiger partial charge in [0.25, 0.3) is 5.91 Å². The van der Waals surface area contributed by atoms with E-state index in [-0.39, 0.29) is 5.69 Å². The van der Waals surface area contributed by atoms with Crippen LogP contribution < -0.4 is 5.32 Å². The molecule has 0 saturated heterocycles. The Morgan fingerprint density at radius 3 is 2.78 bits per heavy atom. The molecule has 0 bridgehead atoms. The van der Waals surface area contributed by atoms with E-state index in [2.05, 4.69) is 30.8 Å². The molecule has 0 saturated carbocycles. The lowest BCUT2D eigenvalue weighted by Crippen LogP contribution is -2.13. The lowest BCUT2D eigenvalue weighted by molar-refractivity contribution is 0.102. The monoisotopic (exact) mass is 329 g/mol. The molecule has 1 amide bonds. The number of benzene rings is 1. The molecule has 0 aliphatic carbocycles. The molecule has 18 heavy (non-hydrogen) atoms. The van der Waals surface area contributed by atoms with Gasteiger partial charge in [0, 0.05) is 10.0 Å². The summed E-state index contributed by atoms with van der Waals surface area (Å²) in [7, 11) is 0. The quantitative estimate of drug-likeness (QED) is 0.919. The van der Waals surface area contributed by atoms with Gasteiger partial charge in [-0.3, -0.25) is 4.79 Å². The SMILES string of the molecule is Cc1nnsc1C(=O)Nc1ccc(Br)c(C)c1F. The second-order valence-corrected chi connectivity index (χ2v) is 5.28. The van der Waals surface area contributed by atoms with E-state index in [4.69, 9.17) is 0 Å². The maximum Gasteiger partial charge on any atom is 0.269 e. The summed E-state index contributed by atoms with van der Waals surface area (Å²) in [6, 6.07) is 3.19. The molecule has 2 rings (SSSR count). The fourth-order valence-corrected chi connectivity index (χ4v) is 2.23. The maximum absolute atomic E-state index is 13.9. The molecule has 0 aliphatic rings. The number of carbonyl (C=O) groups excluding carboxylic acids is 1. The van der Waals surface area contributed by atoms with E-state index in [1.165, 1.54) is 6.07 Å². The third kappa shape index (κ3) is 2.41. The highest BCUT2D eigenvalue weighted by molar-refractivity contribution is 9.10. The van der Waals surface area contributed by atoms with E-state index < -0.39 is 11.7 Å². The van der Waals surface area contributed by atoms with Crippen LogP contribution in [0.25, 0.3) is 0 Å². The molecule has 0 radical (unpaired) electrons. The van der Waals surface area contributed by atoms with Crippen LogP contribution in [0.5, 0.6) is 0 Å². The Kier molecular flexibility index (Phi) is 3.72. The van der Waals surface area contributed by atoms with Gasteiger partial charge < -0.3 is 5.32 Å². The Hall–Kier alpha value is -1.34. The highest BCUT2D eigenvalue weighted by Crippen LogP contribution is 2.25. The molecule has 7 heteroatoms. The van der Waals surface area contributed by atoms with Gasteiger partial charge in [0.15, 0.2) is 5.82 Å². The Morgan fingerprint density at radius 2 is 2.17 bits per heavy atom. The molecule has 2 aromatic rings. The number of amides is 1. The molecule has 0 unspecified atom stereocenters. The second-order valence-electron chi connectivity index (χ2n) is 3.68. The molecular formula is C11H9BrFN3OS. The minimum absolute atomic E-state index is 0.147. The van der Waals surface area contributed by atoms with Crippen molar-refractivity contribution in [1.82, 2.24) is 9.59 Å². The number of hydrogen-bond donors (Lipinski definition) is 1. The van der Waals surface area contributed by atoms with Crippen LogP contribution in [0, 0.1) is 19.7 Å². The van der Waals surface area contributed by atoms with Gasteiger partial charge in [-0.25, -0.2) is 4.39 Å². The van der Waals surface area contributed by atoms with Crippen molar-refractivity contribution in [3.05, 3.63) is 38.6 Å². The number of nitrogens with zero attached hydrogens (tertiary/aromatic N) is 2. The van der Waals surface area contributed by atoms with E-state index in [0.717, 1.165) is 11.5 Å². The summed E-state index contributed by atoms with van der Waals surface area (Å²) in [6.45, 7) is 3.32. The van der Waals surface area contributed by atoms with Crippen LogP contribution >= 0.6 is 27.5 Å². The van der Waals surface area contributed by atoms with E-state index in [1.54, 1.807) is 19.9 Å². The molecule has 1 heterocycles. The number of halogens is 2. The minimum atomic E-state index is -0.451. The van der Waals surface area contributed by atoms with Crippen molar-refractivity contribution in [3.63, 3.8) is 0 Å². The fraction of sp³-hybridized carbons (Fsp3) is 0.182. The molecule has 1 aromatic carbocycles. The average Bonchev–Trinajstić information content (AvgIpc) is 2.76. The van der Waals surface area contributed by atoms with Crippen molar-refractivity contribution in [1.29, 1.82) is 0 Å². The van der Waals surface area contributed by atoms with Crippen LogP contribution in [0.4, 0.5) is 10.1 Å². The van der Waals surface area contributed by atoms with Gasteiger partial charge in [-0.1, -0.05) is 20.4 Å². The molecule has 0 spiro atoms. The van der Waals surface area contributed by atoms with Crippen molar-refractivity contribution < 1.29 is 9.18 Å². The van der Waals surface area contributed by atoms with E-state index in [9.17, 15) is 9.18 Å². The minimum Gasteiger partial charge on any atom is -0.319 e. The summed E-state index contributed by atoms with van der Waals surface area (Å²) >= 11 is 4.21. The first-order chi connectivity index (χ1) is 8.50. The summed E-state index contributed by atoms with van der Waals surface area (Å²) in [5, 5.41) is 6.26. The van der Waals surface area contributed by atoms with Gasteiger partial charge in [-0.15, -0.1) is 5.10 Å². The lowest BCUT2D eigenvalue weighted by atomic mass is 10.2. The first kappa shape index (κ1) is 13.1. The summed E-state index contributed by atoms with van der Waals surface area (Å²) in [5.41, 5.74) is 1.13. The van der Waals surface area contributed by atoms with E-state index in [0.29, 0.717) is 20.6 Å². The van der Waals surface area contributed by atoms with Gasteiger partial charge in [0.1, 0.15) is 4.88 Å². The second kappa shape index (κ2) is 5.11. The number of aromatic nitrogens is 2. The third-order valence-corrected chi connectivity index (χ3v) is 4.11. The number of hydrogen-bond acceptors (Lipinski definition) is 4. The standard InChI is InChI=1S/C11H9BrFN3OS/c1-5-7(12)3-4-8(9(5)13)14-11(17)10-6(2)15-16-18-10/h3-4H,1-2H3,(H,14,17). The fourth-order valence-electron chi connectivity index (χ4n) is 1.38. The van der Waals surface area contributed by atoms with E-state index >= 15 is 0 Å². The first-order valence-electron chi connectivity index (χ1n) is 5.05. The normalized spacial score (nSPS) is 10.4. The molecule has 0 aliphatic heterocycles. The summed E-state index contributed by atoms with van der Waals surface area (Å²) in [6.07, 6.45) is 0. The summed E-state index contributed by atoms with van der Waals surface area (Å²) < 4.78 is 18.2. The topological polar surface area (TPSA) is 54.9 Å². The number of carbonyl (C=O) groups is 1. The van der Waals surface area contributed by atoms with Gasteiger partial charge in [0.05, 0.1) is 11.4 Å². The predicted molar refractivity (Wildman–Crippen MR) is 71.4 cm³/mol. The Balaban J connectivity index is 2.28. The molecule has 4 nitrogen and oxygen atoms in total.